The van der Waals surface area contributed by atoms with Crippen molar-refractivity contribution in [2.45, 2.75) is 13.8 Å². The number of rotatable bonds is 2. The Morgan fingerprint density at radius 2 is 2.31 bits per heavy atom. The van der Waals surface area contributed by atoms with Crippen LogP contribution >= 0.6 is 0 Å². The Labute approximate surface area is 77.3 Å². The first-order chi connectivity index (χ1) is 6.15. The number of anilines is 1. The largest absolute Gasteiger partial charge is 0.383 e. The number of carbonyl (C=O) groups is 1. The van der Waals surface area contributed by atoms with Crippen LogP contribution in [0.15, 0.2) is 24.4 Å². The number of allylic oxidation sites excluding steroid dienone is 2. The number of pyridine rings is 1. The van der Waals surface area contributed by atoms with E-state index in [0.29, 0.717) is 5.56 Å². The average Bonchev–Trinajstić information content (AvgIpc) is 2.09. The second kappa shape index (κ2) is 3.85. The van der Waals surface area contributed by atoms with Gasteiger partial charge >= 0.3 is 0 Å². The third-order valence-corrected chi connectivity index (χ3v) is 1.64. The molecule has 13 heavy (non-hydrogen) atoms. The first-order valence-electron chi connectivity index (χ1n) is 4.04. The molecule has 1 rings (SSSR count). The van der Waals surface area contributed by atoms with Gasteiger partial charge in [0.1, 0.15) is 5.82 Å². The predicted octanol–water partition coefficient (Wildman–Crippen LogP) is 1.73. The van der Waals surface area contributed by atoms with Crippen molar-refractivity contribution in [3.63, 3.8) is 0 Å². The molecule has 0 aliphatic carbocycles. The lowest BCUT2D eigenvalue weighted by Crippen LogP contribution is -2.03. The van der Waals surface area contributed by atoms with Gasteiger partial charge in [-0.3, -0.25) is 4.79 Å². The van der Waals surface area contributed by atoms with Crippen molar-refractivity contribution in [3.8, 4) is 0 Å². The third-order valence-electron chi connectivity index (χ3n) is 1.64. The molecule has 0 amide bonds. The topological polar surface area (TPSA) is 56.0 Å². The second-order valence-electron chi connectivity index (χ2n) is 2.81. The van der Waals surface area contributed by atoms with Crippen molar-refractivity contribution in [1.82, 2.24) is 4.98 Å². The smallest absolute Gasteiger partial charge is 0.189 e. The number of hydrogen-bond donors (Lipinski definition) is 1. The van der Waals surface area contributed by atoms with E-state index in [4.69, 9.17) is 5.73 Å². The van der Waals surface area contributed by atoms with Gasteiger partial charge in [-0.05, 0) is 31.6 Å². The molecule has 0 bridgehead atoms. The number of ketones is 1. The fraction of sp³-hybridized carbons (Fsp3) is 0.200. The monoisotopic (exact) mass is 176 g/mol. The van der Waals surface area contributed by atoms with Gasteiger partial charge in [0, 0.05) is 6.20 Å². The predicted molar refractivity (Wildman–Crippen MR) is 52.5 cm³/mol. The molecule has 0 unspecified atom stereocenters. The van der Waals surface area contributed by atoms with Crippen molar-refractivity contribution < 1.29 is 4.79 Å². The summed E-state index contributed by atoms with van der Waals surface area (Å²) in [5.41, 5.74) is 6.96. The molecule has 0 radical (unpaired) electrons. The number of nitrogen functional groups attached to an aromatic ring is 1. The molecule has 0 saturated heterocycles. The zero-order valence-corrected chi connectivity index (χ0v) is 7.74. The van der Waals surface area contributed by atoms with Gasteiger partial charge in [0.25, 0.3) is 0 Å². The van der Waals surface area contributed by atoms with Gasteiger partial charge in [-0.2, -0.15) is 0 Å². The van der Waals surface area contributed by atoms with E-state index in [9.17, 15) is 4.79 Å². The van der Waals surface area contributed by atoms with E-state index in [2.05, 4.69) is 4.98 Å². The van der Waals surface area contributed by atoms with Crippen LogP contribution in [-0.4, -0.2) is 10.8 Å². The number of aryl methyl sites for hydroxylation is 1. The molecule has 1 aromatic heterocycles. The summed E-state index contributed by atoms with van der Waals surface area (Å²) in [6.45, 7) is 3.66. The fourth-order valence-electron chi connectivity index (χ4n) is 1.02. The maximum atomic E-state index is 11.4. The van der Waals surface area contributed by atoms with Crippen LogP contribution in [0.2, 0.25) is 0 Å². The molecule has 0 aliphatic heterocycles. The second-order valence-corrected chi connectivity index (χ2v) is 2.81. The van der Waals surface area contributed by atoms with E-state index in [0.717, 1.165) is 5.56 Å². The first-order valence-corrected chi connectivity index (χ1v) is 4.04. The van der Waals surface area contributed by atoms with Gasteiger partial charge in [0.2, 0.25) is 0 Å². The minimum Gasteiger partial charge on any atom is -0.383 e. The van der Waals surface area contributed by atoms with Gasteiger partial charge < -0.3 is 5.73 Å². The van der Waals surface area contributed by atoms with Crippen LogP contribution in [0.5, 0.6) is 0 Å². The van der Waals surface area contributed by atoms with Gasteiger partial charge in [-0.25, -0.2) is 4.98 Å². The highest BCUT2D eigenvalue weighted by atomic mass is 16.1. The Balaban J connectivity index is 3.13. The number of nitrogens with two attached hydrogens (primary N) is 1. The Morgan fingerprint density at radius 1 is 1.62 bits per heavy atom. The highest BCUT2D eigenvalue weighted by Gasteiger charge is 2.06. The summed E-state index contributed by atoms with van der Waals surface area (Å²) >= 11 is 0. The van der Waals surface area contributed by atoms with Crippen molar-refractivity contribution in [3.05, 3.63) is 35.5 Å². The van der Waals surface area contributed by atoms with E-state index in [-0.39, 0.29) is 11.6 Å². The lowest BCUT2D eigenvalue weighted by molar-refractivity contribution is 0.104. The molecule has 3 heteroatoms. The molecular formula is C10H12N2O. The minimum atomic E-state index is -0.101. The Morgan fingerprint density at radius 3 is 2.92 bits per heavy atom. The lowest BCUT2D eigenvalue weighted by Gasteiger charge is -2.01. The van der Waals surface area contributed by atoms with Crippen molar-refractivity contribution >= 4 is 11.6 Å². The van der Waals surface area contributed by atoms with Crippen LogP contribution in [0.4, 0.5) is 5.82 Å². The fourth-order valence-corrected chi connectivity index (χ4v) is 1.02. The van der Waals surface area contributed by atoms with Crippen LogP contribution in [0.1, 0.15) is 22.8 Å². The molecule has 0 fully saturated rings. The van der Waals surface area contributed by atoms with E-state index in [1.54, 1.807) is 25.3 Å². The van der Waals surface area contributed by atoms with Gasteiger partial charge in [0.05, 0.1) is 5.56 Å². The van der Waals surface area contributed by atoms with Crippen LogP contribution in [-0.2, 0) is 0 Å². The number of hydrogen-bond acceptors (Lipinski definition) is 3. The lowest BCUT2D eigenvalue weighted by atomic mass is 10.1. The van der Waals surface area contributed by atoms with Gasteiger partial charge in [-0.15, -0.1) is 0 Å². The summed E-state index contributed by atoms with van der Waals surface area (Å²) < 4.78 is 0. The van der Waals surface area contributed by atoms with E-state index in [1.165, 1.54) is 6.08 Å². The molecule has 0 saturated carbocycles. The Bertz CT molecular complexity index is 356. The maximum Gasteiger partial charge on any atom is 0.189 e. The molecule has 0 atom stereocenters. The van der Waals surface area contributed by atoms with Crippen molar-refractivity contribution in [2.24, 2.45) is 0 Å². The summed E-state index contributed by atoms with van der Waals surface area (Å²) in [6, 6.07) is 1.74. The number of carbonyl (C=O) groups excluding carboxylic acids is 1. The summed E-state index contributed by atoms with van der Waals surface area (Å²) in [4.78, 5) is 15.3. The highest BCUT2D eigenvalue weighted by molar-refractivity contribution is 6.07. The minimum absolute atomic E-state index is 0.101. The SMILES string of the molecule is C/C=C/C(=O)c1cc(C)cnc1N. The van der Waals surface area contributed by atoms with E-state index >= 15 is 0 Å². The molecule has 2 N–H and O–H groups in total. The van der Waals surface area contributed by atoms with Crippen molar-refractivity contribution in [2.75, 3.05) is 5.73 Å². The van der Waals surface area contributed by atoms with E-state index < -0.39 is 0 Å². The maximum absolute atomic E-state index is 11.4. The van der Waals surface area contributed by atoms with Gasteiger partial charge in [-0.1, -0.05) is 6.08 Å². The van der Waals surface area contributed by atoms with Crippen LogP contribution in [0, 0.1) is 6.92 Å². The summed E-state index contributed by atoms with van der Waals surface area (Å²) in [7, 11) is 0. The average molecular weight is 176 g/mol. The van der Waals surface area contributed by atoms with Crippen LogP contribution < -0.4 is 5.73 Å². The normalized spacial score (nSPS) is 10.6. The summed E-state index contributed by atoms with van der Waals surface area (Å²) in [5, 5.41) is 0. The standard InChI is InChI=1S/C10H12N2O/c1-3-4-9(13)8-5-7(2)6-12-10(8)11/h3-6H,1-2H3,(H2,11,12)/b4-3+. The molecule has 0 aromatic carbocycles. The molecule has 0 spiro atoms. The van der Waals surface area contributed by atoms with Crippen molar-refractivity contribution in [1.29, 1.82) is 0 Å². The first kappa shape index (κ1) is 9.45. The quantitative estimate of drug-likeness (QED) is 0.551. The molecule has 1 aromatic rings. The summed E-state index contributed by atoms with van der Waals surface area (Å²) in [5.74, 6) is 0.185. The van der Waals surface area contributed by atoms with E-state index in [1.807, 2.05) is 6.92 Å². The Kier molecular flexibility index (Phi) is 2.80. The number of nitrogens with zero attached hydrogens (tertiary/aromatic N) is 1. The van der Waals surface area contributed by atoms with Crippen LogP contribution in [0.3, 0.4) is 0 Å². The molecule has 0 aliphatic rings. The van der Waals surface area contributed by atoms with Gasteiger partial charge in [0.15, 0.2) is 5.78 Å². The zero-order valence-electron chi connectivity index (χ0n) is 7.74. The summed E-state index contributed by atoms with van der Waals surface area (Å²) in [6.07, 6.45) is 4.80. The molecule has 1 heterocycles. The zero-order chi connectivity index (χ0) is 9.84. The Hall–Kier alpha value is -1.64. The molecular weight excluding hydrogens is 164 g/mol. The molecule has 68 valence electrons. The molecule has 3 nitrogen and oxygen atoms in total. The number of aromatic nitrogens is 1. The highest BCUT2D eigenvalue weighted by Crippen LogP contribution is 2.11. The van der Waals surface area contributed by atoms with Crippen LogP contribution in [0.25, 0.3) is 0 Å². The third kappa shape index (κ3) is 2.15.